The zero-order chi connectivity index (χ0) is 14.7. The number of piperidine rings is 1. The molecule has 0 bridgehead atoms. The molecule has 2 rings (SSSR count). The molecule has 20 heavy (non-hydrogen) atoms. The Morgan fingerprint density at radius 3 is 2.85 bits per heavy atom. The van der Waals surface area contributed by atoms with Gasteiger partial charge in [0.15, 0.2) is 0 Å². The smallest absolute Gasteiger partial charge is 0.347 e. The quantitative estimate of drug-likeness (QED) is 0.906. The number of carbonyl (C=O) groups is 1. The third-order valence-corrected chi connectivity index (χ3v) is 4.94. The highest BCUT2D eigenvalue weighted by atomic mass is 32.1. The van der Waals surface area contributed by atoms with Crippen LogP contribution >= 0.6 is 11.3 Å². The Morgan fingerprint density at radius 2 is 2.30 bits per heavy atom. The summed E-state index contributed by atoms with van der Waals surface area (Å²) in [4.78, 5) is 18.7. The summed E-state index contributed by atoms with van der Waals surface area (Å²) in [7, 11) is 0. The maximum atomic E-state index is 11.2. The van der Waals surface area contributed by atoms with Gasteiger partial charge in [-0.1, -0.05) is 20.8 Å². The summed E-state index contributed by atoms with van der Waals surface area (Å²) in [5.74, 6) is 0.103. The van der Waals surface area contributed by atoms with Crippen LogP contribution in [0.2, 0.25) is 0 Å². The van der Waals surface area contributed by atoms with Crippen LogP contribution in [0, 0.1) is 5.92 Å². The number of carboxylic acids is 1. The van der Waals surface area contributed by atoms with Crippen molar-refractivity contribution in [2.45, 2.75) is 46.0 Å². The standard InChI is InChI=1S/C15H24N2O2S/c1-10(2)13-14(15(18)19)20-12(16-13)6-8-17-7-4-5-11(3)9-17/h10-11H,4-9H2,1-3H3,(H,18,19). The topological polar surface area (TPSA) is 53.4 Å². The first-order valence-corrected chi connectivity index (χ1v) is 8.24. The molecule has 1 aromatic heterocycles. The van der Waals surface area contributed by atoms with E-state index in [1.165, 1.54) is 30.7 Å². The summed E-state index contributed by atoms with van der Waals surface area (Å²) < 4.78 is 0. The molecule has 1 aromatic rings. The minimum atomic E-state index is -0.843. The molecule has 1 unspecified atom stereocenters. The van der Waals surface area contributed by atoms with Gasteiger partial charge >= 0.3 is 5.97 Å². The van der Waals surface area contributed by atoms with Gasteiger partial charge in [0.05, 0.1) is 10.7 Å². The number of carboxylic acid groups (broad SMARTS) is 1. The Labute approximate surface area is 124 Å². The lowest BCUT2D eigenvalue weighted by molar-refractivity contribution is 0.0700. The lowest BCUT2D eigenvalue weighted by Gasteiger charge is -2.30. The molecule has 1 aliphatic rings. The largest absolute Gasteiger partial charge is 0.477 e. The molecule has 2 heterocycles. The summed E-state index contributed by atoms with van der Waals surface area (Å²) in [6.45, 7) is 9.62. The van der Waals surface area contributed by atoms with Crippen LogP contribution in [0.4, 0.5) is 0 Å². The molecule has 1 aliphatic heterocycles. The first kappa shape index (κ1) is 15.4. The van der Waals surface area contributed by atoms with E-state index in [2.05, 4.69) is 16.8 Å². The summed E-state index contributed by atoms with van der Waals surface area (Å²) in [5.41, 5.74) is 0.740. The van der Waals surface area contributed by atoms with E-state index in [-0.39, 0.29) is 5.92 Å². The normalized spacial score (nSPS) is 20.5. The first-order valence-electron chi connectivity index (χ1n) is 7.42. The third-order valence-electron chi connectivity index (χ3n) is 3.82. The van der Waals surface area contributed by atoms with E-state index in [1.54, 1.807) is 0 Å². The number of rotatable bonds is 5. The van der Waals surface area contributed by atoms with Gasteiger partial charge < -0.3 is 10.0 Å². The van der Waals surface area contributed by atoms with E-state index >= 15 is 0 Å². The molecule has 0 amide bonds. The fraction of sp³-hybridized carbons (Fsp3) is 0.733. The molecule has 112 valence electrons. The van der Waals surface area contributed by atoms with E-state index in [9.17, 15) is 9.90 Å². The van der Waals surface area contributed by atoms with Crippen molar-refractivity contribution in [3.63, 3.8) is 0 Å². The molecule has 1 N–H and O–H groups in total. The van der Waals surface area contributed by atoms with Crippen LogP contribution < -0.4 is 0 Å². The highest BCUT2D eigenvalue weighted by Crippen LogP contribution is 2.26. The van der Waals surface area contributed by atoms with Crippen molar-refractivity contribution in [3.8, 4) is 0 Å². The third kappa shape index (κ3) is 3.79. The van der Waals surface area contributed by atoms with Crippen LogP contribution in [-0.2, 0) is 6.42 Å². The summed E-state index contributed by atoms with van der Waals surface area (Å²) in [6.07, 6.45) is 3.47. The van der Waals surface area contributed by atoms with E-state index in [0.717, 1.165) is 36.1 Å². The average molecular weight is 296 g/mol. The second-order valence-corrected chi connectivity index (χ2v) is 7.16. The zero-order valence-corrected chi connectivity index (χ0v) is 13.4. The van der Waals surface area contributed by atoms with Crippen LogP contribution in [0.1, 0.15) is 59.9 Å². The monoisotopic (exact) mass is 296 g/mol. The maximum absolute atomic E-state index is 11.2. The number of likely N-dealkylation sites (tertiary alicyclic amines) is 1. The Bertz CT molecular complexity index is 470. The molecule has 0 radical (unpaired) electrons. The van der Waals surface area contributed by atoms with Crippen molar-refractivity contribution < 1.29 is 9.90 Å². The SMILES string of the molecule is CC1CCCN(CCc2nc(C(C)C)c(C(=O)O)s2)C1. The molecular formula is C15H24N2O2S. The fourth-order valence-electron chi connectivity index (χ4n) is 2.77. The van der Waals surface area contributed by atoms with Crippen molar-refractivity contribution in [1.29, 1.82) is 0 Å². The van der Waals surface area contributed by atoms with E-state index in [1.807, 2.05) is 13.8 Å². The molecule has 4 nitrogen and oxygen atoms in total. The van der Waals surface area contributed by atoms with Crippen molar-refractivity contribution in [2.75, 3.05) is 19.6 Å². The van der Waals surface area contributed by atoms with Gasteiger partial charge in [-0.3, -0.25) is 0 Å². The Hall–Kier alpha value is -0.940. The second-order valence-electron chi connectivity index (χ2n) is 6.08. The van der Waals surface area contributed by atoms with Crippen LogP contribution in [-0.4, -0.2) is 40.6 Å². The van der Waals surface area contributed by atoms with Crippen LogP contribution in [0.25, 0.3) is 0 Å². The second kappa shape index (κ2) is 6.68. The number of hydrogen-bond acceptors (Lipinski definition) is 4. The zero-order valence-electron chi connectivity index (χ0n) is 12.6. The minimum Gasteiger partial charge on any atom is -0.477 e. The number of thiazole rings is 1. The summed E-state index contributed by atoms with van der Waals surface area (Å²) in [6, 6.07) is 0. The molecule has 1 fully saturated rings. The number of nitrogens with zero attached hydrogens (tertiary/aromatic N) is 2. The van der Waals surface area contributed by atoms with Crippen LogP contribution in [0.15, 0.2) is 0 Å². The molecule has 1 saturated heterocycles. The summed E-state index contributed by atoms with van der Waals surface area (Å²) >= 11 is 1.35. The van der Waals surface area contributed by atoms with Crippen LogP contribution in [0.3, 0.4) is 0 Å². The van der Waals surface area contributed by atoms with Crippen molar-refractivity contribution in [3.05, 3.63) is 15.6 Å². The van der Waals surface area contributed by atoms with E-state index in [0.29, 0.717) is 4.88 Å². The predicted octanol–water partition coefficient (Wildman–Crippen LogP) is 3.24. The van der Waals surface area contributed by atoms with Gasteiger partial charge in [-0.05, 0) is 31.2 Å². The van der Waals surface area contributed by atoms with Crippen LogP contribution in [0.5, 0.6) is 0 Å². The maximum Gasteiger partial charge on any atom is 0.347 e. The minimum absolute atomic E-state index is 0.168. The summed E-state index contributed by atoms with van der Waals surface area (Å²) in [5, 5.41) is 10.2. The van der Waals surface area contributed by atoms with Gasteiger partial charge in [-0.2, -0.15) is 0 Å². The Kier molecular flexibility index (Phi) is 5.16. The molecule has 0 aromatic carbocycles. The molecular weight excluding hydrogens is 272 g/mol. The van der Waals surface area contributed by atoms with Crippen molar-refractivity contribution in [1.82, 2.24) is 9.88 Å². The van der Waals surface area contributed by atoms with E-state index < -0.39 is 5.97 Å². The van der Waals surface area contributed by atoms with Gasteiger partial charge in [-0.25, -0.2) is 9.78 Å². The molecule has 0 aliphatic carbocycles. The highest BCUT2D eigenvalue weighted by Gasteiger charge is 2.21. The van der Waals surface area contributed by atoms with E-state index in [4.69, 9.17) is 0 Å². The highest BCUT2D eigenvalue weighted by molar-refractivity contribution is 7.13. The lowest BCUT2D eigenvalue weighted by Crippen LogP contribution is -2.35. The average Bonchev–Trinajstić information content (AvgIpc) is 2.81. The fourth-order valence-corrected chi connectivity index (χ4v) is 3.82. The van der Waals surface area contributed by atoms with Crippen molar-refractivity contribution in [2.24, 2.45) is 5.92 Å². The van der Waals surface area contributed by atoms with Gasteiger partial charge in [0.2, 0.25) is 0 Å². The number of aromatic carboxylic acids is 1. The van der Waals surface area contributed by atoms with Gasteiger partial charge in [0.1, 0.15) is 4.88 Å². The van der Waals surface area contributed by atoms with Gasteiger partial charge in [-0.15, -0.1) is 11.3 Å². The molecule has 5 heteroatoms. The predicted molar refractivity (Wildman–Crippen MR) is 81.7 cm³/mol. The molecule has 1 atom stereocenters. The van der Waals surface area contributed by atoms with Gasteiger partial charge in [0, 0.05) is 19.5 Å². The Balaban J connectivity index is 1.99. The molecule has 0 spiro atoms. The van der Waals surface area contributed by atoms with Gasteiger partial charge in [0.25, 0.3) is 0 Å². The Morgan fingerprint density at radius 1 is 1.55 bits per heavy atom. The number of aromatic nitrogens is 1. The first-order chi connectivity index (χ1) is 9.47. The molecule has 0 saturated carbocycles. The number of hydrogen-bond donors (Lipinski definition) is 1. The lowest BCUT2D eigenvalue weighted by atomic mass is 10.0. The van der Waals surface area contributed by atoms with Crippen molar-refractivity contribution >= 4 is 17.3 Å².